The van der Waals surface area contributed by atoms with E-state index in [4.69, 9.17) is 5.11 Å². The predicted octanol–water partition coefficient (Wildman–Crippen LogP) is -2.06. The summed E-state index contributed by atoms with van der Waals surface area (Å²) in [5.74, 6) is 0.384. The van der Waals surface area contributed by atoms with Gasteiger partial charge in [0, 0.05) is 0 Å². The van der Waals surface area contributed by atoms with Gasteiger partial charge in [-0.1, -0.05) is 6.92 Å². The first-order valence-electron chi connectivity index (χ1n) is 2.07. The molecule has 0 aliphatic rings. The van der Waals surface area contributed by atoms with Crippen LogP contribution < -0.4 is 29.6 Å². The summed E-state index contributed by atoms with van der Waals surface area (Å²) in [6.07, 6.45) is 0. The van der Waals surface area contributed by atoms with Gasteiger partial charge in [-0.3, -0.25) is 4.79 Å². The van der Waals surface area contributed by atoms with Gasteiger partial charge in [-0.25, -0.2) is 0 Å². The summed E-state index contributed by atoms with van der Waals surface area (Å²) < 4.78 is 0. The molecule has 0 aromatic heterocycles. The molecular formula is C4H9NaO2S. The van der Waals surface area contributed by atoms with Crippen molar-refractivity contribution >= 4 is 17.7 Å². The van der Waals surface area contributed by atoms with Crippen LogP contribution >= 0.6 is 11.8 Å². The minimum absolute atomic E-state index is 0. The maximum atomic E-state index is 9.74. The number of aliphatic carboxylic acids is 1. The molecule has 0 atom stereocenters. The predicted molar refractivity (Wildman–Crippen MR) is 31.7 cm³/mol. The van der Waals surface area contributed by atoms with Crippen LogP contribution in [0.5, 0.6) is 0 Å². The van der Waals surface area contributed by atoms with Crippen molar-refractivity contribution in [2.45, 2.75) is 6.92 Å². The van der Waals surface area contributed by atoms with Crippen molar-refractivity contribution in [3.63, 3.8) is 0 Å². The van der Waals surface area contributed by atoms with Crippen LogP contribution in [0.15, 0.2) is 0 Å². The van der Waals surface area contributed by atoms with Gasteiger partial charge in [0.05, 0.1) is 5.75 Å². The van der Waals surface area contributed by atoms with Crippen molar-refractivity contribution in [2.24, 2.45) is 0 Å². The van der Waals surface area contributed by atoms with Gasteiger partial charge in [0.2, 0.25) is 0 Å². The van der Waals surface area contributed by atoms with Crippen molar-refractivity contribution in [3.8, 4) is 0 Å². The molecule has 0 unspecified atom stereocenters. The molecule has 44 valence electrons. The van der Waals surface area contributed by atoms with Crippen molar-refractivity contribution < 1.29 is 40.9 Å². The van der Waals surface area contributed by atoms with E-state index in [1.165, 1.54) is 11.8 Å². The molecule has 8 heavy (non-hydrogen) atoms. The number of hydrogen-bond donors (Lipinski definition) is 1. The van der Waals surface area contributed by atoms with Crippen LogP contribution in [0.25, 0.3) is 0 Å². The second kappa shape index (κ2) is 7.82. The van der Waals surface area contributed by atoms with Crippen molar-refractivity contribution in [1.29, 1.82) is 0 Å². The minimum Gasteiger partial charge on any atom is -1.00 e. The van der Waals surface area contributed by atoms with Crippen LogP contribution in [0.2, 0.25) is 0 Å². The molecule has 0 rings (SSSR count). The van der Waals surface area contributed by atoms with Gasteiger partial charge in [-0.2, -0.15) is 11.8 Å². The second-order valence-corrected chi connectivity index (χ2v) is 2.31. The molecule has 0 bridgehead atoms. The summed E-state index contributed by atoms with van der Waals surface area (Å²) in [7, 11) is 0. The Morgan fingerprint density at radius 2 is 2.38 bits per heavy atom. The zero-order valence-electron chi connectivity index (χ0n) is 6.18. The summed E-state index contributed by atoms with van der Waals surface area (Å²) in [4.78, 5) is 9.74. The summed E-state index contributed by atoms with van der Waals surface area (Å²) in [5.41, 5.74) is 0. The zero-order chi connectivity index (χ0) is 5.70. The fraction of sp³-hybridized carbons (Fsp3) is 0.750. The molecule has 0 fully saturated rings. The Morgan fingerprint density at radius 1 is 1.88 bits per heavy atom. The van der Waals surface area contributed by atoms with Gasteiger partial charge in [0.25, 0.3) is 0 Å². The van der Waals surface area contributed by atoms with E-state index in [0.29, 0.717) is 0 Å². The maximum absolute atomic E-state index is 9.74. The summed E-state index contributed by atoms with van der Waals surface area (Å²) >= 11 is 1.42. The molecule has 1 N–H and O–H groups in total. The molecule has 2 nitrogen and oxygen atoms in total. The third-order valence-electron chi connectivity index (χ3n) is 0.430. The first kappa shape index (κ1) is 11.6. The number of carbonyl (C=O) groups is 1. The van der Waals surface area contributed by atoms with Gasteiger partial charge in [0.15, 0.2) is 0 Å². The third-order valence-corrected chi connectivity index (χ3v) is 1.29. The molecule has 0 aromatic carbocycles. The number of carboxylic acid groups (broad SMARTS) is 1. The minimum atomic E-state index is -0.730. The zero-order valence-corrected chi connectivity index (χ0v) is 7.99. The van der Waals surface area contributed by atoms with Crippen molar-refractivity contribution in [3.05, 3.63) is 0 Å². The Kier molecular flexibility index (Phi) is 11.3. The van der Waals surface area contributed by atoms with E-state index in [0.717, 1.165) is 5.75 Å². The Hall–Kier alpha value is 0.820. The Labute approximate surface area is 76.8 Å². The topological polar surface area (TPSA) is 37.3 Å². The van der Waals surface area contributed by atoms with E-state index >= 15 is 0 Å². The number of rotatable bonds is 3. The van der Waals surface area contributed by atoms with Crippen LogP contribution in [0.4, 0.5) is 0 Å². The smallest absolute Gasteiger partial charge is 1.00 e. The average molecular weight is 144 g/mol. The average Bonchev–Trinajstić information content (AvgIpc) is 1.61. The molecular weight excluding hydrogens is 135 g/mol. The van der Waals surface area contributed by atoms with Crippen LogP contribution in [0.1, 0.15) is 8.35 Å². The third kappa shape index (κ3) is 9.94. The quantitative estimate of drug-likeness (QED) is 0.463. The number of thioether (sulfide) groups is 1. The first-order chi connectivity index (χ1) is 3.27. The summed E-state index contributed by atoms with van der Waals surface area (Å²) in [5, 5.41) is 8.02. The molecule has 0 spiro atoms. The van der Waals surface area contributed by atoms with Crippen molar-refractivity contribution in [2.75, 3.05) is 11.5 Å². The normalized spacial score (nSPS) is 7.62. The molecule has 0 aliphatic heterocycles. The molecule has 0 aromatic rings. The summed E-state index contributed by atoms with van der Waals surface area (Å²) in [6.45, 7) is 1.94. The number of hydrogen-bond acceptors (Lipinski definition) is 2. The fourth-order valence-electron chi connectivity index (χ4n) is 0.189. The van der Waals surface area contributed by atoms with E-state index in [2.05, 4.69) is 0 Å². The van der Waals surface area contributed by atoms with Gasteiger partial charge in [0.1, 0.15) is 0 Å². The largest absolute Gasteiger partial charge is 1.00 e. The van der Waals surface area contributed by atoms with Gasteiger partial charge < -0.3 is 6.53 Å². The van der Waals surface area contributed by atoms with Crippen molar-refractivity contribution in [1.82, 2.24) is 0 Å². The van der Waals surface area contributed by atoms with Crippen LogP contribution in [0, 0.1) is 0 Å². The van der Waals surface area contributed by atoms with Gasteiger partial charge in [-0.05, 0) is 5.75 Å². The van der Waals surface area contributed by atoms with Gasteiger partial charge >= 0.3 is 35.5 Å². The SMILES string of the molecule is CCSCC(=O)O.[H-].[Na+]. The van der Waals surface area contributed by atoms with Crippen LogP contribution in [-0.4, -0.2) is 22.6 Å². The molecule has 0 heterocycles. The second-order valence-electron chi connectivity index (χ2n) is 1.03. The standard InChI is InChI=1S/C4H8O2S.Na.H/c1-2-7-3-4(5)6;;/h2-3H2,1H3,(H,5,6);;/q;+1;-1. The van der Waals surface area contributed by atoms with E-state index in [1.807, 2.05) is 6.92 Å². The van der Waals surface area contributed by atoms with Crippen LogP contribution in [-0.2, 0) is 4.79 Å². The molecule has 0 saturated carbocycles. The monoisotopic (exact) mass is 144 g/mol. The molecule has 0 saturated heterocycles. The molecule has 0 radical (unpaired) electrons. The Balaban J connectivity index is -0.000000180. The van der Waals surface area contributed by atoms with E-state index < -0.39 is 5.97 Å². The fourth-order valence-corrected chi connectivity index (χ4v) is 0.568. The summed E-state index contributed by atoms with van der Waals surface area (Å²) in [6, 6.07) is 0. The maximum Gasteiger partial charge on any atom is 1.00 e. The first-order valence-corrected chi connectivity index (χ1v) is 3.22. The van der Waals surface area contributed by atoms with Gasteiger partial charge in [-0.15, -0.1) is 0 Å². The van der Waals surface area contributed by atoms with E-state index in [9.17, 15) is 4.79 Å². The molecule has 0 amide bonds. The van der Waals surface area contributed by atoms with Crippen LogP contribution in [0.3, 0.4) is 0 Å². The van der Waals surface area contributed by atoms with E-state index in [1.54, 1.807) is 0 Å². The van der Waals surface area contributed by atoms with E-state index in [-0.39, 0.29) is 36.7 Å². The Bertz CT molecular complexity index is 71.6. The number of carboxylic acids is 1. The Morgan fingerprint density at radius 3 is 2.50 bits per heavy atom. The molecule has 0 aliphatic carbocycles. The molecule has 4 heteroatoms.